The summed E-state index contributed by atoms with van der Waals surface area (Å²) in [7, 11) is 4.43. The molecule has 0 bridgehead atoms. The molecule has 4 rings (SSSR count). The maximum atomic E-state index is 13.3. The van der Waals surface area contributed by atoms with E-state index in [9.17, 15) is 9.59 Å². The molecule has 3 heterocycles. The molecule has 1 amide bonds. The number of nitrogens with one attached hydrogen (secondary N) is 1. The van der Waals surface area contributed by atoms with Crippen molar-refractivity contribution in [2.24, 2.45) is 0 Å². The van der Waals surface area contributed by atoms with Crippen LogP contribution in [0.15, 0.2) is 67.1 Å². The Morgan fingerprint density at radius 1 is 0.938 bits per heavy atom. The van der Waals surface area contributed by atoms with Gasteiger partial charge in [0, 0.05) is 53.1 Å². The summed E-state index contributed by atoms with van der Waals surface area (Å²) in [5.74, 6) is -0.384. The summed E-state index contributed by atoms with van der Waals surface area (Å²) in [5.41, 5.74) is 2.73. The van der Waals surface area contributed by atoms with E-state index >= 15 is 0 Å². The quantitative estimate of drug-likeness (QED) is 0.353. The normalized spacial score (nSPS) is 10.6. The number of amides is 1. The number of hydrogen-bond acceptors (Lipinski definition) is 6. The van der Waals surface area contributed by atoms with Gasteiger partial charge in [-0.2, -0.15) is 0 Å². The molecule has 0 spiro atoms. The highest BCUT2D eigenvalue weighted by atomic mass is 16.5. The average Bonchev–Trinajstić information content (AvgIpc) is 3.23. The number of hydrogen-bond donors (Lipinski definition) is 1. The molecule has 8 nitrogen and oxygen atoms in total. The van der Waals surface area contributed by atoms with Crippen LogP contribution in [0.3, 0.4) is 0 Å². The Kier molecular flexibility index (Phi) is 5.76. The molecule has 0 aliphatic rings. The van der Waals surface area contributed by atoms with E-state index in [4.69, 9.17) is 14.2 Å². The molecular formula is C24H21N3O5. The molecule has 1 aromatic carbocycles. The monoisotopic (exact) mass is 431 g/mol. The van der Waals surface area contributed by atoms with Crippen LogP contribution in [0, 0.1) is 0 Å². The Morgan fingerprint density at radius 3 is 2.31 bits per heavy atom. The molecule has 8 heteroatoms. The van der Waals surface area contributed by atoms with Crippen molar-refractivity contribution in [3.63, 3.8) is 0 Å². The second-order valence-corrected chi connectivity index (χ2v) is 6.84. The lowest BCUT2D eigenvalue weighted by atomic mass is 10.1. The third kappa shape index (κ3) is 3.74. The van der Waals surface area contributed by atoms with Crippen LogP contribution in [-0.4, -0.2) is 42.4 Å². The van der Waals surface area contributed by atoms with Gasteiger partial charge in [-0.15, -0.1) is 0 Å². The number of fused-ring (bicyclic) bond motifs is 1. The Bertz CT molecular complexity index is 1270. The Balaban J connectivity index is 1.74. The molecule has 162 valence electrons. The van der Waals surface area contributed by atoms with Crippen molar-refractivity contribution in [2.45, 2.75) is 0 Å². The van der Waals surface area contributed by atoms with Crippen LogP contribution >= 0.6 is 0 Å². The molecule has 0 saturated carbocycles. The summed E-state index contributed by atoms with van der Waals surface area (Å²) in [4.78, 5) is 30.4. The third-order valence-electron chi connectivity index (χ3n) is 5.00. The van der Waals surface area contributed by atoms with Crippen LogP contribution in [-0.2, 0) is 4.79 Å². The summed E-state index contributed by atoms with van der Waals surface area (Å²) in [6, 6.07) is 14.1. The number of ketones is 1. The fourth-order valence-electron chi connectivity index (χ4n) is 3.55. The minimum atomic E-state index is -0.798. The van der Waals surface area contributed by atoms with Crippen molar-refractivity contribution in [2.75, 3.05) is 26.6 Å². The van der Waals surface area contributed by atoms with E-state index < -0.39 is 11.7 Å². The first kappa shape index (κ1) is 20.9. The van der Waals surface area contributed by atoms with Gasteiger partial charge in [-0.05, 0) is 24.3 Å². The zero-order valence-corrected chi connectivity index (χ0v) is 17.8. The second kappa shape index (κ2) is 8.81. The standard InChI is InChI=1S/C24H21N3O5/c1-30-19-11-16(12-20(31-2)23(19)32-3)26-24(29)22(28)21-18(15-7-6-9-25-14-15)13-17-8-4-5-10-27(17)21/h4-14H,1-3H3,(H,26,29). The summed E-state index contributed by atoms with van der Waals surface area (Å²) < 4.78 is 17.6. The molecule has 0 atom stereocenters. The highest BCUT2D eigenvalue weighted by Crippen LogP contribution is 2.40. The van der Waals surface area contributed by atoms with Gasteiger partial charge in [0.15, 0.2) is 11.5 Å². The van der Waals surface area contributed by atoms with Gasteiger partial charge in [0.25, 0.3) is 11.7 Å². The van der Waals surface area contributed by atoms with Crippen molar-refractivity contribution in [3.05, 3.63) is 72.8 Å². The van der Waals surface area contributed by atoms with E-state index in [-0.39, 0.29) is 5.69 Å². The summed E-state index contributed by atoms with van der Waals surface area (Å²) in [5, 5.41) is 2.64. The predicted octanol–water partition coefficient (Wildman–Crippen LogP) is 3.85. The average molecular weight is 431 g/mol. The second-order valence-electron chi connectivity index (χ2n) is 6.84. The maximum Gasteiger partial charge on any atom is 0.298 e. The van der Waals surface area contributed by atoms with E-state index in [1.807, 2.05) is 24.3 Å². The van der Waals surface area contributed by atoms with Crippen molar-refractivity contribution in [1.82, 2.24) is 9.38 Å². The number of nitrogens with zero attached hydrogens (tertiary/aromatic N) is 2. The van der Waals surface area contributed by atoms with E-state index in [2.05, 4.69) is 10.3 Å². The molecule has 0 unspecified atom stereocenters. The lowest BCUT2D eigenvalue weighted by Crippen LogP contribution is -2.24. The Labute approximate surface area is 184 Å². The lowest BCUT2D eigenvalue weighted by Gasteiger charge is -2.14. The topological polar surface area (TPSA) is 91.2 Å². The van der Waals surface area contributed by atoms with Crippen LogP contribution in [0.1, 0.15) is 10.5 Å². The number of carbonyl (C=O) groups excluding carboxylic acids is 2. The molecule has 0 radical (unpaired) electrons. The van der Waals surface area contributed by atoms with Gasteiger partial charge in [-0.1, -0.05) is 12.1 Å². The van der Waals surface area contributed by atoms with Gasteiger partial charge >= 0.3 is 0 Å². The number of aromatic nitrogens is 2. The molecule has 0 saturated heterocycles. The molecule has 0 aliphatic carbocycles. The first-order chi connectivity index (χ1) is 15.6. The first-order valence-electron chi connectivity index (χ1n) is 9.73. The smallest absolute Gasteiger partial charge is 0.298 e. The van der Waals surface area contributed by atoms with Gasteiger partial charge in [-0.25, -0.2) is 0 Å². The van der Waals surface area contributed by atoms with Gasteiger partial charge in [-0.3, -0.25) is 14.6 Å². The summed E-state index contributed by atoms with van der Waals surface area (Å²) >= 11 is 0. The lowest BCUT2D eigenvalue weighted by molar-refractivity contribution is -0.112. The highest BCUT2D eigenvalue weighted by Gasteiger charge is 2.25. The SMILES string of the molecule is COc1cc(NC(=O)C(=O)c2c(-c3cccnc3)cc3ccccn23)cc(OC)c1OC. The third-order valence-corrected chi connectivity index (χ3v) is 5.00. The zero-order valence-electron chi connectivity index (χ0n) is 17.8. The molecule has 32 heavy (non-hydrogen) atoms. The van der Waals surface area contributed by atoms with Crippen LogP contribution in [0.4, 0.5) is 5.69 Å². The van der Waals surface area contributed by atoms with Crippen molar-refractivity contribution >= 4 is 22.9 Å². The number of Topliss-reactive ketones (excluding diaryl/α,β-unsaturated/α-hetero) is 1. The van der Waals surface area contributed by atoms with Crippen LogP contribution in [0.2, 0.25) is 0 Å². The number of anilines is 1. The number of carbonyl (C=O) groups is 2. The van der Waals surface area contributed by atoms with Crippen LogP contribution < -0.4 is 19.5 Å². The number of rotatable bonds is 7. The molecule has 3 aromatic heterocycles. The van der Waals surface area contributed by atoms with Gasteiger partial charge in [0.05, 0.1) is 21.3 Å². The molecule has 0 aliphatic heterocycles. The van der Waals surface area contributed by atoms with Crippen LogP contribution in [0.5, 0.6) is 17.2 Å². The van der Waals surface area contributed by atoms with Gasteiger partial charge in [0.1, 0.15) is 5.69 Å². The van der Waals surface area contributed by atoms with Crippen LogP contribution in [0.25, 0.3) is 16.6 Å². The number of benzene rings is 1. The Morgan fingerprint density at radius 2 is 1.69 bits per heavy atom. The van der Waals surface area contributed by atoms with E-state index in [1.165, 1.54) is 21.3 Å². The summed E-state index contributed by atoms with van der Waals surface area (Å²) in [6.45, 7) is 0. The van der Waals surface area contributed by atoms with E-state index in [0.29, 0.717) is 28.5 Å². The molecule has 1 N–H and O–H groups in total. The molecular weight excluding hydrogens is 410 g/mol. The Hall–Kier alpha value is -4.33. The largest absolute Gasteiger partial charge is 0.493 e. The predicted molar refractivity (Wildman–Crippen MR) is 120 cm³/mol. The van der Waals surface area contributed by atoms with Crippen molar-refractivity contribution < 1.29 is 23.8 Å². The van der Waals surface area contributed by atoms with E-state index in [1.54, 1.807) is 47.3 Å². The number of pyridine rings is 2. The zero-order chi connectivity index (χ0) is 22.7. The maximum absolute atomic E-state index is 13.3. The summed E-state index contributed by atoms with van der Waals surface area (Å²) in [6.07, 6.45) is 5.05. The first-order valence-corrected chi connectivity index (χ1v) is 9.73. The minimum absolute atomic E-state index is 0.249. The van der Waals surface area contributed by atoms with Gasteiger partial charge < -0.3 is 23.9 Å². The molecule has 0 fully saturated rings. The van der Waals surface area contributed by atoms with E-state index in [0.717, 1.165) is 11.1 Å². The molecule has 4 aromatic rings. The highest BCUT2D eigenvalue weighted by molar-refractivity contribution is 6.47. The fraction of sp³-hybridized carbons (Fsp3) is 0.125. The fourth-order valence-corrected chi connectivity index (χ4v) is 3.55. The van der Waals surface area contributed by atoms with Crippen molar-refractivity contribution in [3.8, 4) is 28.4 Å². The van der Waals surface area contributed by atoms with Gasteiger partial charge in [0.2, 0.25) is 5.75 Å². The number of ether oxygens (including phenoxy) is 3. The number of methoxy groups -OCH3 is 3. The van der Waals surface area contributed by atoms with Crippen molar-refractivity contribution in [1.29, 1.82) is 0 Å². The minimum Gasteiger partial charge on any atom is -0.493 e.